The Balaban J connectivity index is 2.58. The molecule has 2 aromatic carbocycles. The smallest absolute Gasteiger partial charge is 0.294 e. The van der Waals surface area contributed by atoms with Gasteiger partial charge in [0.25, 0.3) is 22.8 Å². The molecule has 0 atom stereocenters. The van der Waals surface area contributed by atoms with Crippen molar-refractivity contribution >= 4 is 32.7 Å². The van der Waals surface area contributed by atoms with E-state index in [0.717, 1.165) is 6.07 Å². The topological polar surface area (TPSA) is 162 Å². The second kappa shape index (κ2) is 3.77. The Kier molecular flexibility index (Phi) is 2.14. The maximum absolute atomic E-state index is 12.0. The minimum atomic E-state index is -1.15. The molecule has 4 rings (SSSR count). The van der Waals surface area contributed by atoms with Crippen molar-refractivity contribution in [3.8, 4) is 29.1 Å². The highest BCUT2D eigenvalue weighted by Gasteiger charge is 2.28. The predicted molar refractivity (Wildman–Crippen MR) is 75.5 cm³/mol. The van der Waals surface area contributed by atoms with Gasteiger partial charge in [-0.05, 0) is 6.07 Å². The van der Waals surface area contributed by atoms with Crippen molar-refractivity contribution in [3.05, 3.63) is 26.5 Å². The van der Waals surface area contributed by atoms with Crippen LogP contribution in [0.15, 0.2) is 24.5 Å². The van der Waals surface area contributed by atoms with Crippen LogP contribution in [-0.2, 0) is 0 Å². The average Bonchev–Trinajstić information content (AvgIpc) is 2.51. The molecule has 0 spiro atoms. The van der Waals surface area contributed by atoms with Gasteiger partial charge in [0.2, 0.25) is 5.75 Å². The van der Waals surface area contributed by atoms with E-state index in [-0.39, 0.29) is 16.2 Å². The van der Waals surface area contributed by atoms with Gasteiger partial charge in [0.1, 0.15) is 5.39 Å². The zero-order valence-electron chi connectivity index (χ0n) is 10.9. The molecule has 23 heavy (non-hydrogen) atoms. The summed E-state index contributed by atoms with van der Waals surface area (Å²) >= 11 is 0. The summed E-state index contributed by atoms with van der Waals surface area (Å²) < 4.78 is 9.84. The Morgan fingerprint density at radius 2 is 1.30 bits per heavy atom. The number of phenols is 3. The maximum Gasteiger partial charge on any atom is 0.294 e. The third-order valence-electron chi connectivity index (χ3n) is 3.67. The lowest BCUT2D eigenvalue weighted by Gasteiger charge is -2.12. The molecule has 0 aliphatic carbocycles. The maximum atomic E-state index is 12.0. The number of hydrogen-bond donors (Lipinski definition) is 5. The van der Waals surface area contributed by atoms with Crippen LogP contribution in [0.25, 0.3) is 32.7 Å². The van der Waals surface area contributed by atoms with Crippen LogP contribution >= 0.6 is 0 Å². The number of rotatable bonds is 0. The van der Waals surface area contributed by atoms with Gasteiger partial charge in [0, 0.05) is 5.39 Å². The van der Waals surface area contributed by atoms with Gasteiger partial charge in [-0.2, -0.15) is 0 Å². The Morgan fingerprint density at radius 3 is 2.00 bits per heavy atom. The van der Waals surface area contributed by atoms with Crippen molar-refractivity contribution in [1.29, 1.82) is 0 Å². The number of hydrogen-bond acceptors (Lipinski definition) is 9. The highest BCUT2D eigenvalue weighted by atomic mass is 16.5. The third kappa shape index (κ3) is 1.35. The summed E-state index contributed by atoms with van der Waals surface area (Å²) in [4.78, 5) is 24.0. The van der Waals surface area contributed by atoms with Crippen molar-refractivity contribution in [2.24, 2.45) is 0 Å². The van der Waals surface area contributed by atoms with Crippen molar-refractivity contribution in [1.82, 2.24) is 0 Å². The highest BCUT2D eigenvalue weighted by molar-refractivity contribution is 6.23. The van der Waals surface area contributed by atoms with Gasteiger partial charge in [-0.3, -0.25) is 9.59 Å². The van der Waals surface area contributed by atoms with Crippen LogP contribution in [0, 0.1) is 0 Å². The molecule has 0 saturated heterocycles. The SMILES string of the molecule is O=c1c(O)cc2c(O)oc3c(=O)c(O)c(O)c4c(O)oc1c2c43. The van der Waals surface area contributed by atoms with E-state index in [4.69, 9.17) is 8.83 Å². The van der Waals surface area contributed by atoms with E-state index in [9.17, 15) is 35.1 Å². The minimum absolute atomic E-state index is 0.147. The van der Waals surface area contributed by atoms with Gasteiger partial charge >= 0.3 is 0 Å². The van der Waals surface area contributed by atoms with Gasteiger partial charge in [0.15, 0.2) is 22.7 Å². The van der Waals surface area contributed by atoms with E-state index in [1.807, 2.05) is 0 Å². The lowest BCUT2D eigenvalue weighted by molar-refractivity contribution is 0.335. The summed E-state index contributed by atoms with van der Waals surface area (Å²) in [7, 11) is 0. The quantitative estimate of drug-likeness (QED) is 0.235. The van der Waals surface area contributed by atoms with E-state index in [2.05, 4.69) is 0 Å². The summed E-state index contributed by atoms with van der Waals surface area (Å²) in [6, 6.07) is 0.892. The van der Waals surface area contributed by atoms with E-state index >= 15 is 0 Å². The molecule has 116 valence electrons. The first-order valence-corrected chi connectivity index (χ1v) is 6.17. The van der Waals surface area contributed by atoms with Crippen molar-refractivity contribution in [2.45, 2.75) is 0 Å². The fourth-order valence-corrected chi connectivity index (χ4v) is 2.66. The average molecular weight is 318 g/mol. The molecule has 0 aliphatic rings. The van der Waals surface area contributed by atoms with Gasteiger partial charge in [0.05, 0.1) is 10.8 Å². The first-order valence-electron chi connectivity index (χ1n) is 6.17. The first-order chi connectivity index (χ1) is 10.8. The number of phenolic OH excluding ortho intramolecular Hbond substituents is 3. The summed E-state index contributed by atoms with van der Waals surface area (Å²) in [6.07, 6.45) is 0. The van der Waals surface area contributed by atoms with Gasteiger partial charge < -0.3 is 34.4 Å². The molecular weight excluding hydrogens is 312 g/mol. The molecule has 0 saturated carbocycles. The summed E-state index contributed by atoms with van der Waals surface area (Å²) in [5.41, 5.74) is -3.30. The molecule has 5 N–H and O–H groups in total. The van der Waals surface area contributed by atoms with Crippen LogP contribution in [0.2, 0.25) is 0 Å². The standard InChI is InChI=1S/C14H6O9/c15-3-1-2-4-5-6(14(21)23-11(4)7(3)16)8(17)9(18)10(19)12(5)22-13(2)20/h1,15,17-18,20-21H. The summed E-state index contributed by atoms with van der Waals surface area (Å²) in [5.74, 6) is -4.65. The minimum Gasteiger partial charge on any atom is -0.504 e. The van der Waals surface area contributed by atoms with Gasteiger partial charge in [-0.15, -0.1) is 0 Å². The second-order valence-electron chi connectivity index (χ2n) is 4.90. The summed E-state index contributed by atoms with van der Waals surface area (Å²) in [5, 5.41) is 47.9. The van der Waals surface area contributed by atoms with Crippen molar-refractivity contribution < 1.29 is 34.4 Å². The normalized spacial score (nSPS) is 11.8. The van der Waals surface area contributed by atoms with Crippen LogP contribution in [0.5, 0.6) is 29.1 Å². The Bertz CT molecular complexity index is 1250. The van der Waals surface area contributed by atoms with Crippen LogP contribution < -0.4 is 10.9 Å². The number of benzene rings is 2. The van der Waals surface area contributed by atoms with Crippen molar-refractivity contribution in [3.63, 3.8) is 0 Å². The molecule has 0 bridgehead atoms. The number of aromatic hydroxyl groups is 5. The molecule has 2 heterocycles. The molecule has 9 heteroatoms. The molecular formula is C14H6O9. The van der Waals surface area contributed by atoms with Gasteiger partial charge in [-0.1, -0.05) is 0 Å². The van der Waals surface area contributed by atoms with E-state index in [1.54, 1.807) is 0 Å². The van der Waals surface area contributed by atoms with Crippen LogP contribution in [-0.4, -0.2) is 25.5 Å². The molecule has 2 aromatic heterocycles. The van der Waals surface area contributed by atoms with E-state index < -0.39 is 56.6 Å². The Labute approximate surface area is 123 Å². The van der Waals surface area contributed by atoms with E-state index in [1.165, 1.54) is 0 Å². The lowest BCUT2D eigenvalue weighted by atomic mass is 10.0. The van der Waals surface area contributed by atoms with E-state index in [0.29, 0.717) is 0 Å². The largest absolute Gasteiger partial charge is 0.504 e. The first kappa shape index (κ1) is 13.1. The lowest BCUT2D eigenvalue weighted by Crippen LogP contribution is -2.06. The fourth-order valence-electron chi connectivity index (χ4n) is 2.66. The molecule has 0 fully saturated rings. The van der Waals surface area contributed by atoms with Crippen LogP contribution in [0.4, 0.5) is 0 Å². The Morgan fingerprint density at radius 1 is 0.696 bits per heavy atom. The molecule has 4 aromatic rings. The summed E-state index contributed by atoms with van der Waals surface area (Å²) in [6.45, 7) is 0. The van der Waals surface area contributed by atoms with Crippen LogP contribution in [0.1, 0.15) is 0 Å². The highest BCUT2D eigenvalue weighted by Crippen LogP contribution is 2.46. The molecule has 0 aliphatic heterocycles. The molecule has 0 amide bonds. The molecule has 9 nitrogen and oxygen atoms in total. The Hall–Kier alpha value is -3.62. The molecule has 0 radical (unpaired) electrons. The zero-order valence-corrected chi connectivity index (χ0v) is 10.9. The monoisotopic (exact) mass is 318 g/mol. The predicted octanol–water partition coefficient (Wildman–Crippen LogP) is 1.02. The fraction of sp³-hybridized carbons (Fsp3) is 0. The second-order valence-corrected chi connectivity index (χ2v) is 4.90. The van der Waals surface area contributed by atoms with Gasteiger partial charge in [-0.25, -0.2) is 0 Å². The van der Waals surface area contributed by atoms with Crippen LogP contribution in [0.3, 0.4) is 0 Å². The zero-order chi connectivity index (χ0) is 16.6. The molecule has 0 unspecified atom stereocenters. The third-order valence-corrected chi connectivity index (χ3v) is 3.67. The van der Waals surface area contributed by atoms with Crippen molar-refractivity contribution in [2.75, 3.05) is 0 Å².